The molecule has 0 aromatic heterocycles. The van der Waals surface area contributed by atoms with Crippen molar-refractivity contribution in [2.75, 3.05) is 32.5 Å². The van der Waals surface area contributed by atoms with Crippen molar-refractivity contribution in [3.8, 4) is 5.75 Å². The number of carbonyl (C=O) groups is 1. The summed E-state index contributed by atoms with van der Waals surface area (Å²) >= 11 is 0. The van der Waals surface area contributed by atoms with Crippen molar-refractivity contribution in [1.82, 2.24) is 14.9 Å². The van der Waals surface area contributed by atoms with Crippen LogP contribution in [0.2, 0.25) is 0 Å². The average Bonchev–Trinajstić information content (AvgIpc) is 3.62. The van der Waals surface area contributed by atoms with Gasteiger partial charge < -0.3 is 20.1 Å². The number of benzene rings is 2. The molecule has 0 bridgehead atoms. The van der Waals surface area contributed by atoms with E-state index in [0.29, 0.717) is 30.3 Å². The van der Waals surface area contributed by atoms with Crippen LogP contribution in [0.3, 0.4) is 0 Å². The van der Waals surface area contributed by atoms with Gasteiger partial charge in [-0.1, -0.05) is 42.5 Å². The molecule has 1 aliphatic carbocycles. The van der Waals surface area contributed by atoms with E-state index in [9.17, 15) is 18.3 Å². The molecule has 3 atom stereocenters. The van der Waals surface area contributed by atoms with E-state index in [4.69, 9.17) is 4.74 Å². The Morgan fingerprint density at radius 3 is 2.50 bits per heavy atom. The molecule has 8 nitrogen and oxygen atoms in total. The largest absolute Gasteiger partial charge is 0.491 e. The van der Waals surface area contributed by atoms with Crippen molar-refractivity contribution in [3.63, 3.8) is 0 Å². The molecule has 1 saturated carbocycles. The van der Waals surface area contributed by atoms with Gasteiger partial charge in [0.2, 0.25) is 10.0 Å². The highest BCUT2D eigenvalue weighted by Gasteiger charge is 2.39. The first-order valence-electron chi connectivity index (χ1n) is 12.4. The SMILES string of the molecule is CS(=O)(=O)NC(=O)/C=C/c1ccc(OCC(O)CN2CCC(N[C@@H]3C[C@H]3c3ccccc3)CC2)cc1. The van der Waals surface area contributed by atoms with Crippen molar-refractivity contribution in [3.05, 3.63) is 71.8 Å². The predicted molar refractivity (Wildman–Crippen MR) is 140 cm³/mol. The lowest BCUT2D eigenvalue weighted by Gasteiger charge is -2.33. The van der Waals surface area contributed by atoms with Gasteiger partial charge in [-0.05, 0) is 61.7 Å². The molecule has 2 aromatic rings. The van der Waals surface area contributed by atoms with Crippen molar-refractivity contribution < 1.29 is 23.1 Å². The third-order valence-corrected chi connectivity index (χ3v) is 7.13. The molecule has 1 unspecified atom stereocenters. The van der Waals surface area contributed by atoms with Gasteiger partial charge in [0.25, 0.3) is 5.91 Å². The molecule has 194 valence electrons. The number of hydrogen-bond donors (Lipinski definition) is 3. The van der Waals surface area contributed by atoms with Crippen LogP contribution in [-0.2, 0) is 14.8 Å². The summed E-state index contributed by atoms with van der Waals surface area (Å²) in [7, 11) is -3.58. The van der Waals surface area contributed by atoms with Crippen LogP contribution in [0, 0.1) is 0 Å². The predicted octanol–water partition coefficient (Wildman–Crippen LogP) is 2.13. The maximum absolute atomic E-state index is 11.5. The Bertz CT molecular complexity index is 1130. The Morgan fingerprint density at radius 2 is 1.83 bits per heavy atom. The summed E-state index contributed by atoms with van der Waals surface area (Å²) < 4.78 is 29.7. The fourth-order valence-electron chi connectivity index (χ4n) is 4.64. The van der Waals surface area contributed by atoms with E-state index in [1.54, 1.807) is 24.3 Å². The van der Waals surface area contributed by atoms with Crippen molar-refractivity contribution >= 4 is 22.0 Å². The smallest absolute Gasteiger partial charge is 0.257 e. The number of ether oxygens (including phenoxy) is 1. The maximum atomic E-state index is 11.5. The molecule has 1 heterocycles. The molecule has 36 heavy (non-hydrogen) atoms. The van der Waals surface area contributed by atoms with Gasteiger partial charge in [-0.15, -0.1) is 0 Å². The van der Waals surface area contributed by atoms with E-state index < -0.39 is 22.0 Å². The molecule has 4 rings (SSSR count). The lowest BCUT2D eigenvalue weighted by molar-refractivity contribution is -0.114. The van der Waals surface area contributed by atoms with E-state index in [1.165, 1.54) is 18.1 Å². The lowest BCUT2D eigenvalue weighted by atomic mass is 10.0. The number of nitrogens with one attached hydrogen (secondary N) is 2. The monoisotopic (exact) mass is 513 g/mol. The van der Waals surface area contributed by atoms with Crippen LogP contribution in [0.4, 0.5) is 0 Å². The highest BCUT2D eigenvalue weighted by atomic mass is 32.2. The minimum Gasteiger partial charge on any atom is -0.491 e. The summed E-state index contributed by atoms with van der Waals surface area (Å²) in [6.45, 7) is 2.71. The third kappa shape index (κ3) is 8.44. The van der Waals surface area contributed by atoms with Gasteiger partial charge in [-0.3, -0.25) is 4.79 Å². The Morgan fingerprint density at radius 1 is 1.14 bits per heavy atom. The average molecular weight is 514 g/mol. The Balaban J connectivity index is 1.12. The second-order valence-corrected chi connectivity index (χ2v) is 11.5. The van der Waals surface area contributed by atoms with Gasteiger partial charge in [0.05, 0.1) is 6.26 Å². The zero-order valence-electron chi connectivity index (χ0n) is 20.5. The normalized spacial score (nSPS) is 21.8. The molecule has 0 spiro atoms. The van der Waals surface area contributed by atoms with Gasteiger partial charge in [-0.2, -0.15) is 0 Å². The van der Waals surface area contributed by atoms with Crippen LogP contribution >= 0.6 is 0 Å². The van der Waals surface area contributed by atoms with Crippen LogP contribution in [0.15, 0.2) is 60.7 Å². The number of aliphatic hydroxyl groups is 1. The first kappa shape index (κ1) is 26.3. The standard InChI is InChI=1S/C27H35N3O5S/c1-36(33,34)29-27(32)12-9-20-7-10-24(11-8-20)35-19-23(31)18-30-15-13-22(14-16-30)28-26-17-25(26)21-5-3-2-4-6-21/h2-12,22-23,25-26,28,31H,13-19H2,1H3,(H,29,32)/b12-9+/t23?,25-,26+/m0/s1. The van der Waals surface area contributed by atoms with Gasteiger partial charge in [-0.25, -0.2) is 13.1 Å². The van der Waals surface area contributed by atoms with Gasteiger partial charge in [0.1, 0.15) is 18.5 Å². The lowest BCUT2D eigenvalue weighted by Crippen LogP contribution is -2.46. The van der Waals surface area contributed by atoms with Crippen molar-refractivity contribution in [2.45, 2.75) is 43.4 Å². The minimum absolute atomic E-state index is 0.199. The van der Waals surface area contributed by atoms with Gasteiger partial charge in [0.15, 0.2) is 0 Å². The van der Waals surface area contributed by atoms with E-state index in [2.05, 4.69) is 40.5 Å². The van der Waals surface area contributed by atoms with Crippen LogP contribution in [0.5, 0.6) is 5.75 Å². The Kier molecular flexibility index (Phi) is 8.79. The summed E-state index contributed by atoms with van der Waals surface area (Å²) in [5.74, 6) is 0.560. The second-order valence-electron chi connectivity index (χ2n) is 9.71. The summed E-state index contributed by atoms with van der Waals surface area (Å²) in [5, 5.41) is 14.3. The summed E-state index contributed by atoms with van der Waals surface area (Å²) in [6, 6.07) is 18.9. The van der Waals surface area contributed by atoms with Gasteiger partial charge >= 0.3 is 0 Å². The molecule has 0 radical (unpaired) electrons. The van der Waals surface area contributed by atoms with Crippen molar-refractivity contribution in [2.24, 2.45) is 0 Å². The van der Waals surface area contributed by atoms with Crippen LogP contribution < -0.4 is 14.8 Å². The topological polar surface area (TPSA) is 108 Å². The molecule has 3 N–H and O–H groups in total. The Hall–Kier alpha value is -2.72. The number of carbonyl (C=O) groups excluding carboxylic acids is 1. The number of β-amino-alcohol motifs (C(OH)–C–C–N with tert-alkyl or cyclic N) is 1. The molecular weight excluding hydrogens is 478 g/mol. The maximum Gasteiger partial charge on any atom is 0.257 e. The number of likely N-dealkylation sites (tertiary alicyclic amines) is 1. The zero-order chi connectivity index (χ0) is 25.5. The fourth-order valence-corrected chi connectivity index (χ4v) is 5.07. The molecule has 1 aliphatic heterocycles. The fraction of sp³-hybridized carbons (Fsp3) is 0.444. The third-order valence-electron chi connectivity index (χ3n) is 6.56. The van der Waals surface area contributed by atoms with E-state index in [-0.39, 0.29) is 6.61 Å². The summed E-state index contributed by atoms with van der Waals surface area (Å²) in [6.07, 6.45) is 6.41. The van der Waals surface area contributed by atoms with Crippen LogP contribution in [-0.4, -0.2) is 75.0 Å². The number of amides is 1. The van der Waals surface area contributed by atoms with Crippen molar-refractivity contribution in [1.29, 1.82) is 0 Å². The van der Waals surface area contributed by atoms with E-state index in [0.717, 1.165) is 43.8 Å². The first-order chi connectivity index (χ1) is 17.2. The Labute approximate surface area is 213 Å². The van der Waals surface area contributed by atoms with E-state index in [1.807, 2.05) is 4.72 Å². The molecule has 1 amide bonds. The minimum atomic E-state index is -3.58. The molecule has 1 saturated heterocycles. The zero-order valence-corrected chi connectivity index (χ0v) is 21.4. The highest BCUT2D eigenvalue weighted by Crippen LogP contribution is 2.41. The number of nitrogens with zero attached hydrogens (tertiary/aromatic N) is 1. The molecule has 2 aliphatic rings. The highest BCUT2D eigenvalue weighted by molar-refractivity contribution is 7.89. The number of piperidine rings is 1. The number of sulfonamides is 1. The molecule has 2 fully saturated rings. The number of rotatable bonds is 11. The van der Waals surface area contributed by atoms with Crippen LogP contribution in [0.1, 0.15) is 36.3 Å². The molecular formula is C27H35N3O5S. The first-order valence-corrected chi connectivity index (χ1v) is 14.3. The van der Waals surface area contributed by atoms with E-state index >= 15 is 0 Å². The second kappa shape index (κ2) is 12.0. The quantitative estimate of drug-likeness (QED) is 0.395. The molecule has 9 heteroatoms. The summed E-state index contributed by atoms with van der Waals surface area (Å²) in [4.78, 5) is 13.8. The summed E-state index contributed by atoms with van der Waals surface area (Å²) in [5.41, 5.74) is 2.16. The number of hydrogen-bond acceptors (Lipinski definition) is 7. The van der Waals surface area contributed by atoms with Crippen LogP contribution in [0.25, 0.3) is 6.08 Å². The number of aliphatic hydroxyl groups excluding tert-OH is 1. The van der Waals surface area contributed by atoms with Gasteiger partial charge in [0, 0.05) is 30.6 Å². The molecule has 2 aromatic carbocycles.